The number of nitrogens with zero attached hydrogens (tertiary/aromatic N) is 3. The minimum Gasteiger partial charge on any atom is -0.317 e. The number of fused-ring (bicyclic) bond motifs is 1. The van der Waals surface area contributed by atoms with E-state index < -0.39 is 15.1 Å². The van der Waals surface area contributed by atoms with Gasteiger partial charge in [0.2, 0.25) is 0 Å². The first-order valence-electron chi connectivity index (χ1n) is 8.41. The molecule has 0 bridgehead atoms. The second kappa shape index (κ2) is 8.74. The number of nitrogens with one attached hydrogen (secondary N) is 1. The van der Waals surface area contributed by atoms with Crippen LogP contribution in [0.3, 0.4) is 0 Å². The van der Waals surface area contributed by atoms with Crippen LogP contribution in [-0.2, 0) is 16.8 Å². The average Bonchev–Trinajstić information content (AvgIpc) is 2.59. The fourth-order valence-electron chi connectivity index (χ4n) is 3.53. The van der Waals surface area contributed by atoms with Gasteiger partial charge in [-0.2, -0.15) is 12.7 Å². The summed E-state index contributed by atoms with van der Waals surface area (Å²) in [6, 6.07) is 2.79. The van der Waals surface area contributed by atoms with E-state index >= 15 is 0 Å². The Hall–Kier alpha value is -1.39. The Morgan fingerprint density at radius 3 is 2.63 bits per heavy atom. The Morgan fingerprint density at radius 1 is 1.37 bits per heavy atom. The lowest BCUT2D eigenvalue weighted by molar-refractivity contribution is -0.384. The fourth-order valence-corrected chi connectivity index (χ4v) is 5.48. The lowest BCUT2D eigenvalue weighted by atomic mass is 9.98. The second-order valence-electron chi connectivity index (χ2n) is 6.50. The van der Waals surface area contributed by atoms with Crippen LogP contribution in [0.2, 0.25) is 5.02 Å². The van der Waals surface area contributed by atoms with Crippen LogP contribution in [0.25, 0.3) is 0 Å². The fraction of sp³-hybridized carbons (Fsp3) is 0.500. The van der Waals surface area contributed by atoms with Crippen LogP contribution in [-0.4, -0.2) is 43.8 Å². The van der Waals surface area contributed by atoms with Crippen molar-refractivity contribution in [3.05, 3.63) is 45.5 Å². The van der Waals surface area contributed by atoms with Crippen LogP contribution in [0.15, 0.2) is 24.8 Å². The Morgan fingerprint density at radius 2 is 2.04 bits per heavy atom. The number of anilines is 1. The van der Waals surface area contributed by atoms with Crippen molar-refractivity contribution in [3.63, 3.8) is 0 Å². The predicted molar refractivity (Wildman–Crippen MR) is 108 cm³/mol. The van der Waals surface area contributed by atoms with E-state index in [1.165, 1.54) is 16.4 Å². The number of nitro groups is 1. The summed E-state index contributed by atoms with van der Waals surface area (Å²) in [5.41, 5.74) is 0.315. The number of nitro benzene ring substituents is 1. The van der Waals surface area contributed by atoms with Gasteiger partial charge in [0.25, 0.3) is 5.69 Å². The van der Waals surface area contributed by atoms with Gasteiger partial charge in [0.1, 0.15) is 5.69 Å². The smallest absolute Gasteiger partial charge is 0.304 e. The molecule has 8 nitrogen and oxygen atoms in total. The molecule has 1 aromatic rings. The molecular formula is C16H22Cl2N4O4S. The van der Waals surface area contributed by atoms with E-state index in [9.17, 15) is 18.5 Å². The number of rotatable bonds is 5. The van der Waals surface area contributed by atoms with Crippen molar-refractivity contribution in [1.29, 1.82) is 0 Å². The molecule has 11 heteroatoms. The normalized spacial score (nSPS) is 19.8. The van der Waals surface area contributed by atoms with E-state index in [2.05, 4.69) is 11.9 Å². The summed E-state index contributed by atoms with van der Waals surface area (Å²) >= 11 is 6.04. The summed E-state index contributed by atoms with van der Waals surface area (Å²) in [4.78, 5) is 10.9. The van der Waals surface area contributed by atoms with Gasteiger partial charge < -0.3 is 5.32 Å². The van der Waals surface area contributed by atoms with Crippen molar-refractivity contribution in [3.8, 4) is 0 Å². The van der Waals surface area contributed by atoms with Crippen molar-refractivity contribution < 1.29 is 13.3 Å². The summed E-state index contributed by atoms with van der Waals surface area (Å²) < 4.78 is 28.7. The number of halogens is 2. The molecule has 2 aliphatic rings. The van der Waals surface area contributed by atoms with Gasteiger partial charge in [-0.05, 0) is 37.9 Å². The largest absolute Gasteiger partial charge is 0.317 e. The monoisotopic (exact) mass is 436 g/mol. The number of hydrogen-bond donors (Lipinski definition) is 1. The first kappa shape index (κ1) is 21.9. The Balaban J connectivity index is 0.00000261. The Labute approximate surface area is 169 Å². The van der Waals surface area contributed by atoms with Crippen LogP contribution >= 0.6 is 24.0 Å². The molecule has 2 aliphatic heterocycles. The lowest BCUT2D eigenvalue weighted by Gasteiger charge is -2.38. The summed E-state index contributed by atoms with van der Waals surface area (Å²) in [5.74, 6) is 0.257. The summed E-state index contributed by atoms with van der Waals surface area (Å²) in [7, 11) is -3.88. The zero-order valence-electron chi connectivity index (χ0n) is 14.6. The SMILES string of the molecule is C=CCN1c2c(cc(Cl)cc2[N+](=O)[O-])CN(CC2CCNCC2)S1(=O)=O.Cl. The average molecular weight is 437 g/mol. The third kappa shape index (κ3) is 4.38. The van der Waals surface area contributed by atoms with Gasteiger partial charge in [0, 0.05) is 29.7 Å². The third-order valence-corrected chi connectivity index (χ3v) is 6.78. The minimum absolute atomic E-state index is 0. The zero-order chi connectivity index (χ0) is 18.9. The maximum atomic E-state index is 13.1. The van der Waals surface area contributed by atoms with E-state index in [4.69, 9.17) is 11.6 Å². The molecule has 1 N–H and O–H groups in total. The van der Waals surface area contributed by atoms with Gasteiger partial charge in [-0.1, -0.05) is 17.7 Å². The molecule has 0 amide bonds. The quantitative estimate of drug-likeness (QED) is 0.434. The van der Waals surface area contributed by atoms with Crippen molar-refractivity contribution in [2.75, 3.05) is 30.5 Å². The summed E-state index contributed by atoms with van der Waals surface area (Å²) in [6.45, 7) is 5.75. The molecule has 0 atom stereocenters. The van der Waals surface area contributed by atoms with Crippen LogP contribution < -0.4 is 9.62 Å². The standard InChI is InChI=1S/C16H21ClN4O4S.ClH/c1-2-7-20-16-13(8-14(17)9-15(16)21(22)23)11-19(26(20,24)25)10-12-3-5-18-6-4-12;/h2,8-9,12,18H,1,3-7,10-11H2;1H. The lowest BCUT2D eigenvalue weighted by Crippen LogP contribution is -2.50. The molecule has 0 aromatic heterocycles. The second-order valence-corrected chi connectivity index (χ2v) is 8.79. The van der Waals surface area contributed by atoms with E-state index in [1.807, 2.05) is 0 Å². The topological polar surface area (TPSA) is 95.8 Å². The molecule has 3 rings (SSSR count). The van der Waals surface area contributed by atoms with Gasteiger partial charge in [-0.3, -0.25) is 10.1 Å². The van der Waals surface area contributed by atoms with Crippen LogP contribution in [0.5, 0.6) is 0 Å². The third-order valence-electron chi connectivity index (χ3n) is 4.75. The highest BCUT2D eigenvalue weighted by Gasteiger charge is 2.41. The number of piperidine rings is 1. The molecule has 0 unspecified atom stereocenters. The molecule has 1 aromatic carbocycles. The molecule has 1 saturated heterocycles. The first-order chi connectivity index (χ1) is 12.3. The Kier molecular flexibility index (Phi) is 7.09. The Bertz CT molecular complexity index is 828. The highest BCUT2D eigenvalue weighted by molar-refractivity contribution is 7.90. The van der Waals surface area contributed by atoms with Crippen molar-refractivity contribution in [2.24, 2.45) is 5.92 Å². The molecule has 0 saturated carbocycles. The number of hydrogen-bond acceptors (Lipinski definition) is 5. The van der Waals surface area contributed by atoms with Crippen LogP contribution in [0.1, 0.15) is 18.4 Å². The van der Waals surface area contributed by atoms with Gasteiger partial charge >= 0.3 is 10.2 Å². The summed E-state index contributed by atoms with van der Waals surface area (Å²) in [5, 5.41) is 14.9. The van der Waals surface area contributed by atoms with Gasteiger partial charge in [-0.25, -0.2) is 4.31 Å². The zero-order valence-corrected chi connectivity index (χ0v) is 17.0. The van der Waals surface area contributed by atoms with Crippen molar-refractivity contribution >= 4 is 45.6 Å². The van der Waals surface area contributed by atoms with E-state index in [0.29, 0.717) is 12.1 Å². The van der Waals surface area contributed by atoms with Crippen molar-refractivity contribution in [2.45, 2.75) is 19.4 Å². The first-order valence-corrected chi connectivity index (χ1v) is 10.2. The van der Waals surface area contributed by atoms with Crippen LogP contribution in [0, 0.1) is 16.0 Å². The maximum absolute atomic E-state index is 13.1. The van der Waals surface area contributed by atoms with E-state index in [1.54, 1.807) is 6.07 Å². The molecule has 27 heavy (non-hydrogen) atoms. The number of benzene rings is 1. The minimum atomic E-state index is -3.88. The summed E-state index contributed by atoms with van der Waals surface area (Å²) in [6.07, 6.45) is 3.22. The van der Waals surface area contributed by atoms with Crippen LogP contribution in [0.4, 0.5) is 11.4 Å². The van der Waals surface area contributed by atoms with E-state index in [-0.39, 0.29) is 47.8 Å². The van der Waals surface area contributed by atoms with Gasteiger partial charge in [-0.15, -0.1) is 19.0 Å². The maximum Gasteiger partial charge on any atom is 0.304 e. The van der Waals surface area contributed by atoms with Crippen molar-refractivity contribution in [1.82, 2.24) is 9.62 Å². The molecule has 0 radical (unpaired) electrons. The predicted octanol–water partition coefficient (Wildman–Crippen LogP) is 2.72. The molecule has 0 aliphatic carbocycles. The highest BCUT2D eigenvalue weighted by atomic mass is 35.5. The van der Waals surface area contributed by atoms with Gasteiger partial charge in [0.15, 0.2) is 0 Å². The molecule has 150 valence electrons. The van der Waals surface area contributed by atoms with E-state index in [0.717, 1.165) is 30.2 Å². The molecular weight excluding hydrogens is 415 g/mol. The molecule has 1 fully saturated rings. The van der Waals surface area contributed by atoms with Gasteiger partial charge in [0.05, 0.1) is 11.5 Å². The molecule has 2 heterocycles. The highest BCUT2D eigenvalue weighted by Crippen LogP contribution is 2.41. The molecule has 0 spiro atoms.